The van der Waals surface area contributed by atoms with Crippen LogP contribution in [0.4, 0.5) is 0 Å². The van der Waals surface area contributed by atoms with Crippen molar-refractivity contribution in [2.75, 3.05) is 26.2 Å². The summed E-state index contributed by atoms with van der Waals surface area (Å²) >= 11 is 0. The van der Waals surface area contributed by atoms with Gasteiger partial charge in [0.05, 0.1) is 5.52 Å². The van der Waals surface area contributed by atoms with Crippen LogP contribution in [0.25, 0.3) is 11.0 Å². The van der Waals surface area contributed by atoms with Gasteiger partial charge in [0.2, 0.25) is 0 Å². The molecule has 0 saturated carbocycles. The van der Waals surface area contributed by atoms with E-state index in [1.165, 1.54) is 0 Å². The van der Waals surface area contributed by atoms with Crippen molar-refractivity contribution in [2.24, 2.45) is 11.8 Å². The van der Waals surface area contributed by atoms with E-state index in [2.05, 4.69) is 20.7 Å². The maximum atomic E-state index is 12.5. The summed E-state index contributed by atoms with van der Waals surface area (Å²) in [7, 11) is 0. The average Bonchev–Trinajstić information content (AvgIpc) is 3.11. The van der Waals surface area contributed by atoms with Gasteiger partial charge in [-0.05, 0) is 30.0 Å². The summed E-state index contributed by atoms with van der Waals surface area (Å²) < 4.78 is 0. The van der Waals surface area contributed by atoms with Crippen LogP contribution in [0.5, 0.6) is 0 Å². The van der Waals surface area contributed by atoms with E-state index in [0.717, 1.165) is 37.2 Å². The zero-order valence-corrected chi connectivity index (χ0v) is 11.7. The zero-order valence-electron chi connectivity index (χ0n) is 10.9. The number of hydrogen-bond acceptors (Lipinski definition) is 4. The third-order valence-corrected chi connectivity index (χ3v) is 4.25. The van der Waals surface area contributed by atoms with Crippen molar-refractivity contribution in [1.82, 2.24) is 25.6 Å². The normalized spacial score (nSPS) is 24.7. The number of carbonyl (C=O) groups excluding carboxylic acids is 1. The highest BCUT2D eigenvalue weighted by atomic mass is 35.5. The number of halogens is 1. The Morgan fingerprint density at radius 2 is 2.00 bits per heavy atom. The summed E-state index contributed by atoms with van der Waals surface area (Å²) in [6, 6.07) is 5.52. The summed E-state index contributed by atoms with van der Waals surface area (Å²) in [5.74, 6) is 1.36. The number of aromatic amines is 1. The Morgan fingerprint density at radius 3 is 2.75 bits per heavy atom. The Bertz CT molecular complexity index is 630. The highest BCUT2D eigenvalue weighted by Gasteiger charge is 2.38. The molecular weight excluding hydrogens is 278 g/mol. The molecule has 2 aliphatic rings. The zero-order chi connectivity index (χ0) is 12.8. The molecule has 2 aliphatic heterocycles. The van der Waals surface area contributed by atoms with Crippen LogP contribution >= 0.6 is 12.4 Å². The molecule has 0 aliphatic carbocycles. The first-order valence-electron chi connectivity index (χ1n) is 6.62. The highest BCUT2D eigenvalue weighted by molar-refractivity contribution is 5.97. The predicted molar refractivity (Wildman–Crippen MR) is 76.9 cm³/mol. The summed E-state index contributed by atoms with van der Waals surface area (Å²) in [5, 5.41) is 13.9. The molecule has 0 spiro atoms. The van der Waals surface area contributed by atoms with Crippen LogP contribution in [-0.2, 0) is 0 Å². The van der Waals surface area contributed by atoms with Gasteiger partial charge in [-0.2, -0.15) is 0 Å². The number of fused-ring (bicyclic) bond motifs is 2. The quantitative estimate of drug-likeness (QED) is 0.810. The van der Waals surface area contributed by atoms with Gasteiger partial charge < -0.3 is 10.2 Å². The van der Waals surface area contributed by atoms with E-state index < -0.39 is 0 Å². The van der Waals surface area contributed by atoms with Crippen molar-refractivity contribution in [3.8, 4) is 0 Å². The van der Waals surface area contributed by atoms with Crippen LogP contribution in [0.3, 0.4) is 0 Å². The van der Waals surface area contributed by atoms with E-state index in [4.69, 9.17) is 0 Å². The molecule has 0 radical (unpaired) electrons. The number of aromatic nitrogens is 3. The minimum absolute atomic E-state index is 0. The topological polar surface area (TPSA) is 73.9 Å². The molecule has 2 fully saturated rings. The lowest BCUT2D eigenvalue weighted by Crippen LogP contribution is -2.31. The van der Waals surface area contributed by atoms with Gasteiger partial charge in [0, 0.05) is 31.7 Å². The highest BCUT2D eigenvalue weighted by Crippen LogP contribution is 2.27. The standard InChI is InChI=1S/C13H15N5O.ClH/c19-13(18-6-9-4-14-5-10(9)7-18)8-1-2-11-12(3-8)16-17-15-11;/h1-3,9-10,14H,4-7H2,(H,15,16,17);1H/t9-,10-;/m1./s1. The molecule has 1 aromatic heterocycles. The van der Waals surface area contributed by atoms with Gasteiger partial charge in [-0.3, -0.25) is 9.89 Å². The van der Waals surface area contributed by atoms with Gasteiger partial charge >= 0.3 is 0 Å². The summed E-state index contributed by atoms with van der Waals surface area (Å²) in [6.07, 6.45) is 0. The van der Waals surface area contributed by atoms with Gasteiger partial charge in [-0.1, -0.05) is 5.21 Å². The van der Waals surface area contributed by atoms with Gasteiger partial charge in [-0.25, -0.2) is 0 Å². The Balaban J connectivity index is 0.00000121. The maximum Gasteiger partial charge on any atom is 0.253 e. The number of nitrogens with one attached hydrogen (secondary N) is 2. The largest absolute Gasteiger partial charge is 0.338 e. The molecular formula is C13H16ClN5O. The minimum atomic E-state index is 0. The van der Waals surface area contributed by atoms with Crippen molar-refractivity contribution in [1.29, 1.82) is 0 Å². The molecule has 106 valence electrons. The molecule has 1 amide bonds. The number of amides is 1. The maximum absolute atomic E-state index is 12.5. The number of benzene rings is 1. The van der Waals surface area contributed by atoms with Gasteiger partial charge in [-0.15, -0.1) is 17.5 Å². The second kappa shape index (κ2) is 5.03. The first-order valence-corrected chi connectivity index (χ1v) is 6.62. The Hall–Kier alpha value is -1.66. The summed E-state index contributed by atoms with van der Waals surface area (Å²) in [5.41, 5.74) is 2.31. The fourth-order valence-corrected chi connectivity index (χ4v) is 3.18. The Kier molecular flexibility index (Phi) is 3.35. The molecule has 2 aromatic rings. The Labute approximate surface area is 122 Å². The van der Waals surface area contributed by atoms with E-state index in [1.54, 1.807) is 0 Å². The molecule has 6 nitrogen and oxygen atoms in total. The number of nitrogens with zero attached hydrogens (tertiary/aromatic N) is 3. The molecule has 20 heavy (non-hydrogen) atoms. The Morgan fingerprint density at radius 1 is 1.25 bits per heavy atom. The number of hydrogen-bond donors (Lipinski definition) is 2. The average molecular weight is 294 g/mol. The summed E-state index contributed by atoms with van der Waals surface area (Å²) in [6.45, 7) is 3.81. The van der Waals surface area contributed by atoms with Crippen molar-refractivity contribution in [3.05, 3.63) is 23.8 Å². The molecule has 4 rings (SSSR count). The van der Waals surface area contributed by atoms with E-state index >= 15 is 0 Å². The van der Waals surface area contributed by atoms with E-state index in [1.807, 2.05) is 23.1 Å². The van der Waals surface area contributed by atoms with Crippen molar-refractivity contribution in [2.45, 2.75) is 0 Å². The summed E-state index contributed by atoms with van der Waals surface area (Å²) in [4.78, 5) is 14.5. The fourth-order valence-electron chi connectivity index (χ4n) is 3.18. The van der Waals surface area contributed by atoms with Crippen LogP contribution in [0.15, 0.2) is 18.2 Å². The fraction of sp³-hybridized carbons (Fsp3) is 0.462. The number of carbonyl (C=O) groups is 1. The number of rotatable bonds is 1. The van der Waals surface area contributed by atoms with Crippen LogP contribution < -0.4 is 5.32 Å². The van der Waals surface area contributed by atoms with E-state index in [9.17, 15) is 4.79 Å². The molecule has 0 bridgehead atoms. The van der Waals surface area contributed by atoms with Crippen molar-refractivity contribution >= 4 is 29.3 Å². The van der Waals surface area contributed by atoms with Crippen LogP contribution in [0.2, 0.25) is 0 Å². The molecule has 2 N–H and O–H groups in total. The lowest BCUT2D eigenvalue weighted by molar-refractivity contribution is 0.0782. The van der Waals surface area contributed by atoms with E-state index in [-0.39, 0.29) is 18.3 Å². The molecule has 7 heteroatoms. The third-order valence-electron chi connectivity index (χ3n) is 4.25. The van der Waals surface area contributed by atoms with Crippen LogP contribution in [0.1, 0.15) is 10.4 Å². The second-order valence-corrected chi connectivity index (χ2v) is 5.43. The third kappa shape index (κ3) is 2.05. The first-order chi connectivity index (χ1) is 9.31. The molecule has 0 unspecified atom stereocenters. The van der Waals surface area contributed by atoms with Crippen LogP contribution in [-0.4, -0.2) is 52.4 Å². The van der Waals surface area contributed by atoms with Crippen molar-refractivity contribution < 1.29 is 4.79 Å². The molecule has 1 aromatic carbocycles. The molecule has 2 atom stereocenters. The molecule has 2 saturated heterocycles. The second-order valence-electron chi connectivity index (χ2n) is 5.43. The van der Waals surface area contributed by atoms with Gasteiger partial charge in [0.1, 0.15) is 5.52 Å². The van der Waals surface area contributed by atoms with E-state index in [0.29, 0.717) is 17.4 Å². The van der Waals surface area contributed by atoms with Gasteiger partial charge in [0.15, 0.2) is 0 Å². The lowest BCUT2D eigenvalue weighted by atomic mass is 10.0. The van der Waals surface area contributed by atoms with Gasteiger partial charge in [0.25, 0.3) is 5.91 Å². The predicted octanol–water partition coefficient (Wildman–Crippen LogP) is 0.671. The smallest absolute Gasteiger partial charge is 0.253 e. The monoisotopic (exact) mass is 293 g/mol. The molecule has 3 heterocycles. The SMILES string of the molecule is Cl.O=C(c1ccc2[nH]nnc2c1)N1C[C@H]2CNC[C@@H]2C1. The number of likely N-dealkylation sites (tertiary alicyclic amines) is 1. The first kappa shape index (κ1) is 13.3. The number of H-pyrrole nitrogens is 1. The van der Waals surface area contributed by atoms with Crippen molar-refractivity contribution in [3.63, 3.8) is 0 Å². The van der Waals surface area contributed by atoms with Crippen LogP contribution in [0, 0.1) is 11.8 Å². The lowest BCUT2D eigenvalue weighted by Gasteiger charge is -2.17. The minimum Gasteiger partial charge on any atom is -0.338 e.